The van der Waals surface area contributed by atoms with E-state index in [1.54, 1.807) is 6.92 Å². The van der Waals surface area contributed by atoms with Crippen LogP contribution in [0.25, 0.3) is 0 Å². The standard InChI is InChI=1S/C22H29NO2/c1-6-7-8-19-9-11-20(12-10-19)23-22(24)18(5)25-21-14-15(2)13-16(3)17(21)4/h9-14,18H,6-8H2,1-5H3,(H,23,24). The number of aryl methyl sites for hydroxylation is 3. The predicted octanol–water partition coefficient (Wildman–Crippen LogP) is 5.36. The molecule has 0 aliphatic heterocycles. The molecule has 2 aromatic carbocycles. The van der Waals surface area contributed by atoms with Gasteiger partial charge in [-0.05, 0) is 81.0 Å². The normalized spacial score (nSPS) is 11.9. The Morgan fingerprint density at radius 3 is 2.44 bits per heavy atom. The summed E-state index contributed by atoms with van der Waals surface area (Å²) in [5.74, 6) is 0.634. The van der Waals surface area contributed by atoms with Crippen LogP contribution in [0.15, 0.2) is 36.4 Å². The highest BCUT2D eigenvalue weighted by molar-refractivity contribution is 5.94. The van der Waals surface area contributed by atoms with Crippen LogP contribution in [0.2, 0.25) is 0 Å². The Bertz CT molecular complexity index is 720. The van der Waals surface area contributed by atoms with Gasteiger partial charge in [-0.25, -0.2) is 0 Å². The molecule has 0 aliphatic carbocycles. The zero-order valence-electron chi connectivity index (χ0n) is 16.0. The van der Waals surface area contributed by atoms with E-state index >= 15 is 0 Å². The molecule has 1 amide bonds. The van der Waals surface area contributed by atoms with E-state index in [2.05, 4.69) is 37.4 Å². The Balaban J connectivity index is 1.98. The van der Waals surface area contributed by atoms with E-state index in [1.165, 1.54) is 24.0 Å². The molecule has 0 saturated heterocycles. The first-order chi connectivity index (χ1) is 11.9. The number of rotatable bonds is 7. The minimum absolute atomic E-state index is 0.139. The second-order valence-electron chi connectivity index (χ2n) is 6.75. The maximum absolute atomic E-state index is 12.4. The Labute approximate surface area is 151 Å². The SMILES string of the molecule is CCCCc1ccc(NC(=O)C(C)Oc2cc(C)cc(C)c2C)cc1. The van der Waals surface area contributed by atoms with Crippen LogP contribution in [-0.4, -0.2) is 12.0 Å². The molecule has 0 heterocycles. The summed E-state index contributed by atoms with van der Waals surface area (Å²) < 4.78 is 5.91. The number of carbonyl (C=O) groups is 1. The molecule has 0 fully saturated rings. The lowest BCUT2D eigenvalue weighted by Crippen LogP contribution is -2.30. The fourth-order valence-corrected chi connectivity index (χ4v) is 2.75. The third-order valence-electron chi connectivity index (χ3n) is 4.48. The van der Waals surface area contributed by atoms with E-state index in [-0.39, 0.29) is 5.91 Å². The Hall–Kier alpha value is -2.29. The van der Waals surface area contributed by atoms with Gasteiger partial charge in [-0.1, -0.05) is 31.5 Å². The summed E-state index contributed by atoms with van der Waals surface area (Å²) in [6, 6.07) is 12.2. The molecule has 3 heteroatoms. The van der Waals surface area contributed by atoms with Gasteiger partial charge in [0.15, 0.2) is 6.10 Å². The molecule has 134 valence electrons. The number of unbranched alkanes of at least 4 members (excludes halogenated alkanes) is 1. The van der Waals surface area contributed by atoms with Crippen molar-refractivity contribution in [1.82, 2.24) is 0 Å². The molecule has 2 rings (SSSR count). The van der Waals surface area contributed by atoms with E-state index in [1.807, 2.05) is 32.0 Å². The van der Waals surface area contributed by atoms with Crippen molar-refractivity contribution in [3.8, 4) is 5.75 Å². The fraction of sp³-hybridized carbons (Fsp3) is 0.409. The van der Waals surface area contributed by atoms with Crippen molar-refractivity contribution in [2.24, 2.45) is 0 Å². The van der Waals surface area contributed by atoms with E-state index in [4.69, 9.17) is 4.74 Å². The molecule has 0 bridgehead atoms. The largest absolute Gasteiger partial charge is 0.481 e. The fourth-order valence-electron chi connectivity index (χ4n) is 2.75. The van der Waals surface area contributed by atoms with E-state index in [0.717, 1.165) is 29.0 Å². The van der Waals surface area contributed by atoms with Crippen LogP contribution in [0.5, 0.6) is 5.75 Å². The van der Waals surface area contributed by atoms with Crippen molar-refractivity contribution < 1.29 is 9.53 Å². The molecule has 0 spiro atoms. The van der Waals surface area contributed by atoms with Gasteiger partial charge >= 0.3 is 0 Å². The zero-order chi connectivity index (χ0) is 18.4. The molecule has 0 aromatic heterocycles. The van der Waals surface area contributed by atoms with Crippen molar-refractivity contribution in [1.29, 1.82) is 0 Å². The van der Waals surface area contributed by atoms with Crippen LogP contribution in [-0.2, 0) is 11.2 Å². The average molecular weight is 339 g/mol. The number of ether oxygens (including phenoxy) is 1. The van der Waals surface area contributed by atoms with Gasteiger partial charge in [0.25, 0.3) is 5.91 Å². The summed E-state index contributed by atoms with van der Waals surface area (Å²) in [6.45, 7) is 10.1. The van der Waals surface area contributed by atoms with Gasteiger partial charge in [-0.2, -0.15) is 0 Å². The Morgan fingerprint density at radius 2 is 1.80 bits per heavy atom. The lowest BCUT2D eigenvalue weighted by molar-refractivity contribution is -0.122. The van der Waals surface area contributed by atoms with Gasteiger partial charge < -0.3 is 10.1 Å². The molecule has 0 aliphatic rings. The summed E-state index contributed by atoms with van der Waals surface area (Å²) in [5.41, 5.74) is 5.48. The number of anilines is 1. The van der Waals surface area contributed by atoms with Crippen LogP contribution in [0.1, 0.15) is 48.9 Å². The van der Waals surface area contributed by atoms with Gasteiger partial charge in [0, 0.05) is 5.69 Å². The van der Waals surface area contributed by atoms with Gasteiger partial charge in [0.2, 0.25) is 0 Å². The molecule has 25 heavy (non-hydrogen) atoms. The third-order valence-corrected chi connectivity index (χ3v) is 4.48. The van der Waals surface area contributed by atoms with Crippen molar-refractivity contribution in [2.45, 2.75) is 60.0 Å². The highest BCUT2D eigenvalue weighted by atomic mass is 16.5. The molecular weight excluding hydrogens is 310 g/mol. The van der Waals surface area contributed by atoms with Gasteiger partial charge in [-0.15, -0.1) is 0 Å². The van der Waals surface area contributed by atoms with E-state index in [0.29, 0.717) is 0 Å². The molecule has 1 atom stereocenters. The first-order valence-corrected chi connectivity index (χ1v) is 9.05. The van der Waals surface area contributed by atoms with Crippen LogP contribution in [0.3, 0.4) is 0 Å². The first kappa shape index (κ1) is 19.0. The summed E-state index contributed by atoms with van der Waals surface area (Å²) in [4.78, 5) is 12.4. The lowest BCUT2D eigenvalue weighted by atomic mass is 10.1. The van der Waals surface area contributed by atoms with Crippen molar-refractivity contribution in [3.63, 3.8) is 0 Å². The maximum Gasteiger partial charge on any atom is 0.265 e. The Kier molecular flexibility index (Phi) is 6.63. The molecular formula is C22H29NO2. The summed E-state index contributed by atoms with van der Waals surface area (Å²) in [5, 5.41) is 2.93. The quantitative estimate of drug-likeness (QED) is 0.737. The topological polar surface area (TPSA) is 38.3 Å². The van der Waals surface area contributed by atoms with E-state index < -0.39 is 6.10 Å². The molecule has 3 nitrogen and oxygen atoms in total. The van der Waals surface area contributed by atoms with Gasteiger partial charge in [-0.3, -0.25) is 4.79 Å². The van der Waals surface area contributed by atoms with Crippen molar-refractivity contribution >= 4 is 11.6 Å². The maximum atomic E-state index is 12.4. The van der Waals surface area contributed by atoms with Crippen LogP contribution >= 0.6 is 0 Å². The summed E-state index contributed by atoms with van der Waals surface area (Å²) >= 11 is 0. The van der Waals surface area contributed by atoms with Crippen LogP contribution in [0.4, 0.5) is 5.69 Å². The van der Waals surface area contributed by atoms with Gasteiger partial charge in [0.05, 0.1) is 0 Å². The number of benzene rings is 2. The highest BCUT2D eigenvalue weighted by Gasteiger charge is 2.16. The monoisotopic (exact) mass is 339 g/mol. The molecule has 2 aromatic rings. The highest BCUT2D eigenvalue weighted by Crippen LogP contribution is 2.24. The number of nitrogens with one attached hydrogen (secondary N) is 1. The summed E-state index contributed by atoms with van der Waals surface area (Å²) in [6.07, 6.45) is 2.90. The second-order valence-corrected chi connectivity index (χ2v) is 6.75. The number of amides is 1. The van der Waals surface area contributed by atoms with Crippen molar-refractivity contribution in [2.75, 3.05) is 5.32 Å². The molecule has 0 saturated carbocycles. The van der Waals surface area contributed by atoms with E-state index in [9.17, 15) is 4.79 Å². The average Bonchev–Trinajstić information content (AvgIpc) is 2.58. The zero-order valence-corrected chi connectivity index (χ0v) is 16.0. The summed E-state index contributed by atoms with van der Waals surface area (Å²) in [7, 11) is 0. The van der Waals surface area contributed by atoms with Crippen LogP contribution < -0.4 is 10.1 Å². The van der Waals surface area contributed by atoms with Crippen LogP contribution in [0, 0.1) is 20.8 Å². The molecule has 0 radical (unpaired) electrons. The number of carbonyl (C=O) groups excluding carboxylic acids is 1. The molecule has 1 unspecified atom stereocenters. The smallest absolute Gasteiger partial charge is 0.265 e. The predicted molar refractivity (Wildman–Crippen MR) is 104 cm³/mol. The minimum atomic E-state index is -0.556. The minimum Gasteiger partial charge on any atom is -0.481 e. The van der Waals surface area contributed by atoms with Crippen molar-refractivity contribution in [3.05, 3.63) is 58.7 Å². The lowest BCUT2D eigenvalue weighted by Gasteiger charge is -2.18. The second kappa shape index (κ2) is 8.70. The molecule has 1 N–H and O–H groups in total. The third kappa shape index (κ3) is 5.35. The van der Waals surface area contributed by atoms with Gasteiger partial charge in [0.1, 0.15) is 5.75 Å². The number of hydrogen-bond donors (Lipinski definition) is 1. The Morgan fingerprint density at radius 1 is 1.12 bits per heavy atom. The number of hydrogen-bond acceptors (Lipinski definition) is 2. The first-order valence-electron chi connectivity index (χ1n) is 9.05.